The molecule has 0 atom stereocenters. The van der Waals surface area contributed by atoms with Gasteiger partial charge in [-0.15, -0.1) is 0 Å². The summed E-state index contributed by atoms with van der Waals surface area (Å²) in [5.41, 5.74) is 4.92. The molecule has 8 nitrogen and oxygen atoms in total. The third kappa shape index (κ3) is 7.05. The van der Waals surface area contributed by atoms with E-state index in [1.54, 1.807) is 0 Å². The molecule has 0 aliphatic heterocycles. The SMILES string of the molecule is Cc1cc(OC(C)(C)CO)ccc1-c1cccc(COc2ccc(Cn3oc(=O)[n-]c3=O)cc2)c1C.[Na+]. The van der Waals surface area contributed by atoms with Crippen molar-refractivity contribution < 1.29 is 48.7 Å². The van der Waals surface area contributed by atoms with Crippen molar-refractivity contribution in [2.45, 2.75) is 46.4 Å². The zero-order valence-electron chi connectivity index (χ0n) is 21.8. The van der Waals surface area contributed by atoms with Crippen LogP contribution in [0.1, 0.15) is 36.1 Å². The Bertz CT molecular complexity index is 1470. The summed E-state index contributed by atoms with van der Waals surface area (Å²) in [4.78, 5) is 25.8. The number of aliphatic hydroxyl groups excluding tert-OH is 1. The van der Waals surface area contributed by atoms with E-state index in [1.807, 2.05) is 75.4 Å². The summed E-state index contributed by atoms with van der Waals surface area (Å²) < 4.78 is 17.6. The first-order chi connectivity index (χ1) is 17.1. The zero-order chi connectivity index (χ0) is 25.9. The summed E-state index contributed by atoms with van der Waals surface area (Å²) in [6.07, 6.45) is 0. The van der Waals surface area contributed by atoms with Gasteiger partial charge in [-0.25, -0.2) is 4.79 Å². The molecular formula is C28H29N2NaO6. The molecule has 0 radical (unpaired) electrons. The third-order valence-corrected chi connectivity index (χ3v) is 5.94. The number of nitrogens with zero attached hydrogens (tertiary/aromatic N) is 2. The monoisotopic (exact) mass is 512 g/mol. The second-order valence-corrected chi connectivity index (χ2v) is 9.31. The van der Waals surface area contributed by atoms with E-state index >= 15 is 0 Å². The van der Waals surface area contributed by atoms with Crippen LogP contribution in [0, 0.1) is 13.8 Å². The van der Waals surface area contributed by atoms with Gasteiger partial charge < -0.3 is 24.1 Å². The van der Waals surface area contributed by atoms with Gasteiger partial charge >= 0.3 is 35.3 Å². The summed E-state index contributed by atoms with van der Waals surface area (Å²) in [7, 11) is 0. The Labute approximate surface area is 237 Å². The van der Waals surface area contributed by atoms with Crippen LogP contribution in [-0.4, -0.2) is 22.1 Å². The van der Waals surface area contributed by atoms with E-state index in [-0.39, 0.29) is 42.7 Å². The quantitative estimate of drug-likeness (QED) is 0.331. The molecule has 0 spiro atoms. The molecule has 3 aromatic carbocycles. The first-order valence-corrected chi connectivity index (χ1v) is 11.6. The van der Waals surface area contributed by atoms with Gasteiger partial charge in [-0.1, -0.05) is 36.4 Å². The van der Waals surface area contributed by atoms with Crippen molar-refractivity contribution in [3.8, 4) is 22.6 Å². The molecule has 9 heteroatoms. The van der Waals surface area contributed by atoms with Crippen LogP contribution in [0.2, 0.25) is 0 Å². The molecule has 1 N–H and O–H groups in total. The number of hydrogen-bond donors (Lipinski definition) is 1. The molecule has 0 aliphatic rings. The predicted molar refractivity (Wildman–Crippen MR) is 136 cm³/mol. The van der Waals surface area contributed by atoms with Crippen LogP contribution in [0.25, 0.3) is 11.1 Å². The smallest absolute Gasteiger partial charge is 0.489 e. The van der Waals surface area contributed by atoms with Gasteiger partial charge in [0.2, 0.25) is 0 Å². The molecule has 1 aromatic heterocycles. The van der Waals surface area contributed by atoms with Crippen molar-refractivity contribution >= 4 is 0 Å². The molecule has 4 rings (SSSR count). The van der Waals surface area contributed by atoms with Crippen molar-refractivity contribution in [2.75, 3.05) is 6.61 Å². The molecule has 0 aliphatic carbocycles. The van der Waals surface area contributed by atoms with Crippen molar-refractivity contribution in [2.24, 2.45) is 0 Å². The largest absolute Gasteiger partial charge is 1.00 e. The number of rotatable bonds is 9. The topological polar surface area (TPSA) is 105 Å². The number of hydrogen-bond acceptors (Lipinski definition) is 6. The third-order valence-electron chi connectivity index (χ3n) is 5.94. The minimum absolute atomic E-state index is 0. The van der Waals surface area contributed by atoms with E-state index in [1.165, 1.54) is 0 Å². The Morgan fingerprint density at radius 2 is 1.68 bits per heavy atom. The van der Waals surface area contributed by atoms with Gasteiger partial charge in [0.25, 0.3) is 0 Å². The maximum Gasteiger partial charge on any atom is 1.00 e. The van der Waals surface area contributed by atoms with Crippen molar-refractivity contribution in [3.05, 3.63) is 104 Å². The van der Waals surface area contributed by atoms with Crippen molar-refractivity contribution in [1.82, 2.24) is 9.72 Å². The van der Waals surface area contributed by atoms with Gasteiger partial charge in [0.15, 0.2) is 5.69 Å². The maximum atomic E-state index is 11.6. The number of benzene rings is 3. The summed E-state index contributed by atoms with van der Waals surface area (Å²) in [6, 6.07) is 19.3. The van der Waals surface area contributed by atoms with Gasteiger partial charge in [0.1, 0.15) is 23.7 Å². The Morgan fingerprint density at radius 1 is 0.973 bits per heavy atom. The second-order valence-electron chi connectivity index (χ2n) is 9.31. The summed E-state index contributed by atoms with van der Waals surface area (Å²) >= 11 is 0. The van der Waals surface area contributed by atoms with E-state index in [0.717, 1.165) is 43.9 Å². The normalized spacial score (nSPS) is 11.2. The minimum Gasteiger partial charge on any atom is -0.489 e. The van der Waals surface area contributed by atoms with Gasteiger partial charge in [0, 0.05) is 6.54 Å². The Kier molecular flexibility index (Phi) is 9.26. The van der Waals surface area contributed by atoms with E-state index in [2.05, 4.69) is 18.0 Å². The van der Waals surface area contributed by atoms with Crippen LogP contribution >= 0.6 is 0 Å². The number of aryl methyl sites for hydroxylation is 1. The van der Waals surface area contributed by atoms with E-state index in [4.69, 9.17) is 14.0 Å². The van der Waals surface area contributed by atoms with Crippen LogP contribution in [0.4, 0.5) is 0 Å². The zero-order valence-corrected chi connectivity index (χ0v) is 23.8. The standard InChI is InChI=1S/C28H30N2O6.Na/c1-18-14-23(35-28(3,4)17-31)12-13-24(18)25-7-5-6-21(19(25)2)16-34-22-10-8-20(9-11-22)15-30-26(32)29-27(33)36-30;/h5-14,31H,15-17H2,1-4H3,(H,29,32,33);/q;+1/p-1. The minimum atomic E-state index is -0.900. The molecule has 0 unspecified atom stereocenters. The Morgan fingerprint density at radius 3 is 2.30 bits per heavy atom. The molecule has 0 fully saturated rings. The molecule has 0 saturated heterocycles. The van der Waals surface area contributed by atoms with Gasteiger partial charge in [0.05, 0.1) is 6.61 Å². The van der Waals surface area contributed by atoms with Gasteiger partial charge in [-0.05, 0) is 85.3 Å². The summed E-state index contributed by atoms with van der Waals surface area (Å²) in [5, 5.41) is 9.48. The predicted octanol–water partition coefficient (Wildman–Crippen LogP) is 0.824. The first-order valence-electron chi connectivity index (χ1n) is 11.6. The fourth-order valence-corrected chi connectivity index (χ4v) is 3.89. The number of aromatic nitrogens is 2. The molecule has 1 heterocycles. The van der Waals surface area contributed by atoms with E-state index < -0.39 is 17.0 Å². The Balaban J connectivity index is 0.00000380. The van der Waals surface area contributed by atoms with Gasteiger partial charge in [-0.3, -0.25) is 9.53 Å². The molecule has 4 aromatic rings. The average Bonchev–Trinajstić information content (AvgIpc) is 3.16. The average molecular weight is 513 g/mol. The molecule has 37 heavy (non-hydrogen) atoms. The summed E-state index contributed by atoms with van der Waals surface area (Å²) in [6.45, 7) is 8.26. The van der Waals surface area contributed by atoms with Crippen molar-refractivity contribution in [1.29, 1.82) is 0 Å². The molecule has 0 saturated carbocycles. The fraction of sp³-hybridized carbons (Fsp3) is 0.286. The second kappa shape index (κ2) is 12.0. The molecular weight excluding hydrogens is 483 g/mol. The molecule has 188 valence electrons. The number of aliphatic hydroxyl groups is 1. The molecule has 0 amide bonds. The first kappa shape index (κ1) is 28.5. The van der Waals surface area contributed by atoms with Crippen LogP contribution in [0.3, 0.4) is 0 Å². The van der Waals surface area contributed by atoms with Crippen LogP contribution in [0.5, 0.6) is 11.5 Å². The Hall–Kier alpha value is -3.04. The van der Waals surface area contributed by atoms with E-state index in [9.17, 15) is 14.7 Å². The van der Waals surface area contributed by atoms with Crippen LogP contribution < -0.4 is 55.5 Å². The summed E-state index contributed by atoms with van der Waals surface area (Å²) in [5.74, 6) is 0.502. The number of ether oxygens (including phenoxy) is 2. The fourth-order valence-electron chi connectivity index (χ4n) is 3.89. The maximum absolute atomic E-state index is 11.6. The van der Waals surface area contributed by atoms with Crippen LogP contribution in [0.15, 0.2) is 74.8 Å². The van der Waals surface area contributed by atoms with Crippen molar-refractivity contribution in [3.63, 3.8) is 0 Å². The van der Waals surface area contributed by atoms with Crippen LogP contribution in [-0.2, 0) is 13.2 Å². The van der Waals surface area contributed by atoms with E-state index in [0.29, 0.717) is 12.4 Å². The van der Waals surface area contributed by atoms with Gasteiger partial charge in [-0.2, -0.15) is 0 Å². The molecule has 0 bridgehead atoms.